The molecule has 0 spiro atoms. The maximum atomic E-state index is 9.99. The molecule has 6 heteroatoms. The Bertz CT molecular complexity index is 552. The second kappa shape index (κ2) is 5.38. The molecule has 2 aromatic rings. The molecule has 1 fully saturated rings. The number of thiazole rings is 1. The number of aryl methyl sites for hydroxylation is 1. The smallest absolute Gasteiger partial charge is 0.232 e. The predicted molar refractivity (Wildman–Crippen MR) is 71.2 cm³/mol. The molecular formula is C13H17N3O2S. The van der Waals surface area contributed by atoms with Crippen LogP contribution in [-0.4, -0.2) is 26.3 Å². The van der Waals surface area contributed by atoms with E-state index < -0.39 is 0 Å². The molecule has 2 unspecified atom stereocenters. The van der Waals surface area contributed by atoms with Crippen LogP contribution in [0.15, 0.2) is 9.90 Å². The van der Waals surface area contributed by atoms with Crippen LogP contribution < -0.4 is 0 Å². The highest BCUT2D eigenvalue weighted by Crippen LogP contribution is 2.32. The van der Waals surface area contributed by atoms with E-state index in [-0.39, 0.29) is 12.0 Å². The second-order valence-electron chi connectivity index (χ2n) is 5.04. The molecule has 5 nitrogen and oxygen atoms in total. The number of rotatable bonds is 3. The fraction of sp³-hybridized carbons (Fsp3) is 0.615. The van der Waals surface area contributed by atoms with E-state index in [9.17, 15) is 5.11 Å². The summed E-state index contributed by atoms with van der Waals surface area (Å²) in [6.07, 6.45) is 4.20. The lowest BCUT2D eigenvalue weighted by Crippen LogP contribution is -2.22. The van der Waals surface area contributed by atoms with Crippen molar-refractivity contribution in [2.75, 3.05) is 0 Å². The highest BCUT2D eigenvalue weighted by atomic mass is 32.1. The Morgan fingerprint density at radius 2 is 2.21 bits per heavy atom. The average Bonchev–Trinajstić information content (AvgIpc) is 3.00. The van der Waals surface area contributed by atoms with E-state index in [1.807, 2.05) is 12.3 Å². The summed E-state index contributed by atoms with van der Waals surface area (Å²) in [6, 6.07) is 0. The van der Waals surface area contributed by atoms with E-state index in [2.05, 4.69) is 15.1 Å². The molecule has 0 aliphatic heterocycles. The Kier molecular flexibility index (Phi) is 3.61. The molecule has 0 radical (unpaired) electrons. The third-order valence-electron chi connectivity index (χ3n) is 3.54. The van der Waals surface area contributed by atoms with E-state index in [4.69, 9.17) is 4.52 Å². The Morgan fingerprint density at radius 1 is 1.37 bits per heavy atom. The van der Waals surface area contributed by atoms with Gasteiger partial charge in [0, 0.05) is 5.38 Å². The predicted octanol–water partition coefficient (Wildman–Crippen LogP) is 2.44. The van der Waals surface area contributed by atoms with Crippen LogP contribution >= 0.6 is 11.3 Å². The molecule has 2 aromatic heterocycles. The zero-order chi connectivity index (χ0) is 13.2. The summed E-state index contributed by atoms with van der Waals surface area (Å²) in [5.74, 6) is 1.24. The van der Waals surface area contributed by atoms with Gasteiger partial charge in [-0.2, -0.15) is 4.98 Å². The number of hydrogen-bond donors (Lipinski definition) is 1. The molecular weight excluding hydrogens is 262 g/mol. The summed E-state index contributed by atoms with van der Waals surface area (Å²) >= 11 is 1.62. The molecule has 19 heavy (non-hydrogen) atoms. The van der Waals surface area contributed by atoms with Crippen molar-refractivity contribution >= 4 is 11.3 Å². The standard InChI is InChI=1S/C13H17N3O2S/c1-8-14-9(7-19-8)6-12-15-13(18-16-12)10-4-2-3-5-11(10)17/h7,10-11,17H,2-6H2,1H3. The van der Waals surface area contributed by atoms with E-state index in [0.29, 0.717) is 18.1 Å². The van der Waals surface area contributed by atoms with Crippen LogP contribution in [0.4, 0.5) is 0 Å². The summed E-state index contributed by atoms with van der Waals surface area (Å²) in [5.41, 5.74) is 0.971. The van der Waals surface area contributed by atoms with E-state index in [1.165, 1.54) is 0 Å². The Hall–Kier alpha value is -1.27. The maximum Gasteiger partial charge on any atom is 0.232 e. The van der Waals surface area contributed by atoms with Crippen LogP contribution in [-0.2, 0) is 6.42 Å². The van der Waals surface area contributed by atoms with Crippen LogP contribution in [0.2, 0.25) is 0 Å². The first-order chi connectivity index (χ1) is 9.22. The lowest BCUT2D eigenvalue weighted by Gasteiger charge is -2.24. The van der Waals surface area contributed by atoms with Crippen LogP contribution in [0.25, 0.3) is 0 Å². The summed E-state index contributed by atoms with van der Waals surface area (Å²) in [7, 11) is 0. The molecule has 1 saturated carbocycles. The number of nitrogens with zero attached hydrogens (tertiary/aromatic N) is 3. The van der Waals surface area contributed by atoms with Gasteiger partial charge in [0.25, 0.3) is 0 Å². The summed E-state index contributed by atoms with van der Waals surface area (Å²) in [5, 5.41) is 17.0. The first-order valence-corrected chi connectivity index (χ1v) is 7.52. The van der Waals surface area contributed by atoms with Crippen molar-refractivity contribution in [2.24, 2.45) is 0 Å². The van der Waals surface area contributed by atoms with Gasteiger partial charge in [0.05, 0.1) is 29.1 Å². The topological polar surface area (TPSA) is 72.0 Å². The van der Waals surface area contributed by atoms with Crippen molar-refractivity contribution in [1.82, 2.24) is 15.1 Å². The molecule has 2 atom stereocenters. The Morgan fingerprint density at radius 3 is 2.95 bits per heavy atom. The van der Waals surface area contributed by atoms with E-state index in [0.717, 1.165) is 36.4 Å². The van der Waals surface area contributed by atoms with Crippen molar-refractivity contribution in [3.05, 3.63) is 27.8 Å². The number of aromatic nitrogens is 3. The van der Waals surface area contributed by atoms with Crippen LogP contribution in [0.1, 0.15) is 54.0 Å². The van der Waals surface area contributed by atoms with Crippen molar-refractivity contribution < 1.29 is 9.63 Å². The molecule has 0 saturated heterocycles. The normalized spacial score (nSPS) is 23.7. The first-order valence-electron chi connectivity index (χ1n) is 6.64. The van der Waals surface area contributed by atoms with Gasteiger partial charge in [0.1, 0.15) is 0 Å². The van der Waals surface area contributed by atoms with Crippen molar-refractivity contribution in [1.29, 1.82) is 0 Å². The Labute approximate surface area is 115 Å². The third kappa shape index (κ3) is 2.84. The van der Waals surface area contributed by atoms with Crippen LogP contribution in [0.5, 0.6) is 0 Å². The molecule has 0 amide bonds. The minimum absolute atomic E-state index is 0.00664. The SMILES string of the molecule is Cc1nc(Cc2noc(C3CCCCC3O)n2)cs1. The van der Waals surface area contributed by atoms with Gasteiger partial charge in [-0.1, -0.05) is 18.0 Å². The van der Waals surface area contributed by atoms with Crippen LogP contribution in [0, 0.1) is 6.92 Å². The molecule has 2 heterocycles. The van der Waals surface area contributed by atoms with E-state index in [1.54, 1.807) is 11.3 Å². The number of aliphatic hydroxyl groups excluding tert-OH is 1. The lowest BCUT2D eigenvalue weighted by molar-refractivity contribution is 0.0908. The van der Waals surface area contributed by atoms with Gasteiger partial charge in [0.15, 0.2) is 5.82 Å². The van der Waals surface area contributed by atoms with Gasteiger partial charge in [-0.15, -0.1) is 11.3 Å². The summed E-state index contributed by atoms with van der Waals surface area (Å²) in [4.78, 5) is 8.81. The van der Waals surface area contributed by atoms with Gasteiger partial charge in [-0.05, 0) is 19.8 Å². The fourth-order valence-electron chi connectivity index (χ4n) is 2.54. The van der Waals surface area contributed by atoms with Crippen molar-refractivity contribution in [3.63, 3.8) is 0 Å². The van der Waals surface area contributed by atoms with E-state index >= 15 is 0 Å². The van der Waals surface area contributed by atoms with Crippen molar-refractivity contribution in [3.8, 4) is 0 Å². The second-order valence-corrected chi connectivity index (χ2v) is 6.10. The minimum Gasteiger partial charge on any atom is -0.392 e. The lowest BCUT2D eigenvalue weighted by atomic mass is 9.86. The largest absolute Gasteiger partial charge is 0.392 e. The monoisotopic (exact) mass is 279 g/mol. The molecule has 102 valence electrons. The molecule has 0 aromatic carbocycles. The zero-order valence-corrected chi connectivity index (χ0v) is 11.7. The molecule has 1 aliphatic carbocycles. The quantitative estimate of drug-likeness (QED) is 0.934. The third-order valence-corrected chi connectivity index (χ3v) is 4.36. The van der Waals surface area contributed by atoms with Gasteiger partial charge >= 0.3 is 0 Å². The Balaban J connectivity index is 1.72. The minimum atomic E-state index is -0.344. The molecule has 0 bridgehead atoms. The number of aliphatic hydroxyl groups is 1. The zero-order valence-electron chi connectivity index (χ0n) is 10.9. The first kappa shape index (κ1) is 12.7. The summed E-state index contributed by atoms with van der Waals surface area (Å²) < 4.78 is 5.31. The maximum absolute atomic E-state index is 9.99. The molecule has 1 N–H and O–H groups in total. The molecule has 3 rings (SSSR count). The molecule has 1 aliphatic rings. The fourth-order valence-corrected chi connectivity index (χ4v) is 3.15. The van der Waals surface area contributed by atoms with Gasteiger partial charge in [-0.25, -0.2) is 4.98 Å². The van der Waals surface area contributed by atoms with Gasteiger partial charge < -0.3 is 9.63 Å². The van der Waals surface area contributed by atoms with Crippen LogP contribution in [0.3, 0.4) is 0 Å². The van der Waals surface area contributed by atoms with Gasteiger partial charge in [-0.3, -0.25) is 0 Å². The number of hydrogen-bond acceptors (Lipinski definition) is 6. The summed E-state index contributed by atoms with van der Waals surface area (Å²) in [6.45, 7) is 1.98. The highest BCUT2D eigenvalue weighted by molar-refractivity contribution is 7.09. The van der Waals surface area contributed by atoms with Crippen molar-refractivity contribution in [2.45, 2.75) is 51.0 Å². The highest BCUT2D eigenvalue weighted by Gasteiger charge is 2.29. The van der Waals surface area contributed by atoms with Gasteiger partial charge in [0.2, 0.25) is 5.89 Å². The average molecular weight is 279 g/mol.